The van der Waals surface area contributed by atoms with Crippen molar-refractivity contribution in [3.8, 4) is 0 Å². The van der Waals surface area contributed by atoms with E-state index in [9.17, 15) is 14.7 Å². The van der Waals surface area contributed by atoms with Crippen LogP contribution in [0.1, 0.15) is 38.7 Å². The molecule has 0 saturated carbocycles. The van der Waals surface area contributed by atoms with Crippen molar-refractivity contribution >= 4 is 22.9 Å². The first kappa shape index (κ1) is 15.4. The van der Waals surface area contributed by atoms with Crippen molar-refractivity contribution in [3.05, 3.63) is 65.5 Å². The number of rotatable bonds is 3. The maximum absolute atomic E-state index is 12.8. The molecule has 4 rings (SSSR count). The van der Waals surface area contributed by atoms with E-state index in [0.717, 1.165) is 6.42 Å². The minimum Gasteiger partial charge on any atom is -0.478 e. The lowest BCUT2D eigenvalue weighted by atomic mass is 9.99. The first-order chi connectivity index (χ1) is 12.1. The lowest BCUT2D eigenvalue weighted by Crippen LogP contribution is -2.28. The van der Waals surface area contributed by atoms with Crippen LogP contribution in [0.4, 0.5) is 0 Å². The van der Waals surface area contributed by atoms with E-state index in [-0.39, 0.29) is 11.5 Å². The lowest BCUT2D eigenvalue weighted by molar-refractivity contribution is 0.0697. The Labute approximate surface area is 144 Å². The zero-order valence-corrected chi connectivity index (χ0v) is 13.5. The molecule has 1 fully saturated rings. The van der Waals surface area contributed by atoms with Gasteiger partial charge in [0.2, 0.25) is 0 Å². The fraction of sp³-hybridized carbons (Fsp3) is 0.211. The second kappa shape index (κ2) is 6.05. The van der Waals surface area contributed by atoms with E-state index in [1.165, 1.54) is 17.8 Å². The van der Waals surface area contributed by atoms with Crippen LogP contribution in [0.25, 0.3) is 11.0 Å². The number of carbonyl (C=O) groups is 2. The van der Waals surface area contributed by atoms with Crippen molar-refractivity contribution in [2.75, 3.05) is 13.1 Å². The number of hydrogen-bond donors (Lipinski definition) is 2. The number of nitrogens with zero attached hydrogens (tertiary/aromatic N) is 2. The Kier molecular flexibility index (Phi) is 3.72. The molecule has 1 aromatic carbocycles. The minimum atomic E-state index is -1.04. The summed E-state index contributed by atoms with van der Waals surface area (Å²) in [5.41, 5.74) is 2.61. The predicted molar refractivity (Wildman–Crippen MR) is 92.8 cm³/mol. The maximum atomic E-state index is 12.8. The quantitative estimate of drug-likeness (QED) is 0.770. The van der Waals surface area contributed by atoms with Gasteiger partial charge in [0, 0.05) is 25.2 Å². The first-order valence-corrected chi connectivity index (χ1v) is 8.18. The SMILES string of the molecule is O=C(O)c1ccnc2cc(C(=O)N3CCC(c4ccccc4)C3)[nH]c12. The molecule has 3 heterocycles. The van der Waals surface area contributed by atoms with Crippen molar-refractivity contribution in [1.29, 1.82) is 0 Å². The lowest BCUT2D eigenvalue weighted by Gasteiger charge is -2.15. The number of H-pyrrole nitrogens is 1. The predicted octanol–water partition coefficient (Wildman–Crippen LogP) is 2.89. The van der Waals surface area contributed by atoms with E-state index in [1.807, 2.05) is 23.1 Å². The zero-order chi connectivity index (χ0) is 17.4. The number of aromatic amines is 1. The fourth-order valence-corrected chi connectivity index (χ4v) is 3.43. The molecular formula is C19H17N3O3. The summed E-state index contributed by atoms with van der Waals surface area (Å²) < 4.78 is 0. The highest BCUT2D eigenvalue weighted by Gasteiger charge is 2.29. The maximum Gasteiger partial charge on any atom is 0.337 e. The molecule has 2 aromatic heterocycles. The van der Waals surface area contributed by atoms with Gasteiger partial charge in [-0.1, -0.05) is 30.3 Å². The molecule has 0 bridgehead atoms. The Hall–Kier alpha value is -3.15. The molecule has 126 valence electrons. The number of carbonyl (C=O) groups excluding carboxylic acids is 1. The third-order valence-electron chi connectivity index (χ3n) is 4.73. The molecular weight excluding hydrogens is 318 g/mol. The Bertz CT molecular complexity index is 949. The highest BCUT2D eigenvalue weighted by Crippen LogP contribution is 2.28. The molecule has 1 atom stereocenters. The average Bonchev–Trinajstić information content (AvgIpc) is 3.28. The monoisotopic (exact) mass is 335 g/mol. The number of nitrogens with one attached hydrogen (secondary N) is 1. The first-order valence-electron chi connectivity index (χ1n) is 8.18. The summed E-state index contributed by atoms with van der Waals surface area (Å²) in [5.74, 6) is -0.825. The van der Waals surface area contributed by atoms with E-state index in [4.69, 9.17) is 0 Å². The van der Waals surface area contributed by atoms with Crippen LogP contribution in [0, 0.1) is 0 Å². The molecule has 1 aliphatic heterocycles. The third-order valence-corrected chi connectivity index (χ3v) is 4.73. The molecule has 0 radical (unpaired) electrons. The van der Waals surface area contributed by atoms with Crippen LogP contribution in [0.3, 0.4) is 0 Å². The van der Waals surface area contributed by atoms with Crippen molar-refractivity contribution in [3.63, 3.8) is 0 Å². The van der Waals surface area contributed by atoms with Gasteiger partial charge in [-0.15, -0.1) is 0 Å². The number of carboxylic acids is 1. The summed E-state index contributed by atoms with van der Waals surface area (Å²) in [6, 6.07) is 13.2. The second-order valence-corrected chi connectivity index (χ2v) is 6.25. The molecule has 1 amide bonds. The molecule has 25 heavy (non-hydrogen) atoms. The third kappa shape index (κ3) is 2.76. The van der Waals surface area contributed by atoms with Gasteiger partial charge in [-0.2, -0.15) is 0 Å². The van der Waals surface area contributed by atoms with Gasteiger partial charge in [-0.05, 0) is 24.1 Å². The van der Waals surface area contributed by atoms with Crippen LogP contribution in [0.15, 0.2) is 48.7 Å². The molecule has 1 aliphatic rings. The molecule has 0 spiro atoms. The van der Waals surface area contributed by atoms with Gasteiger partial charge in [-0.3, -0.25) is 9.78 Å². The number of likely N-dealkylation sites (tertiary alicyclic amines) is 1. The highest BCUT2D eigenvalue weighted by atomic mass is 16.4. The summed E-state index contributed by atoms with van der Waals surface area (Å²) in [6.07, 6.45) is 2.36. The number of aromatic carboxylic acids is 1. The molecule has 3 aromatic rings. The number of aromatic nitrogens is 2. The molecule has 1 unspecified atom stereocenters. The van der Waals surface area contributed by atoms with Gasteiger partial charge in [0.05, 0.1) is 16.6 Å². The van der Waals surface area contributed by atoms with Gasteiger partial charge in [-0.25, -0.2) is 4.79 Å². The largest absolute Gasteiger partial charge is 0.478 e. The number of amides is 1. The molecule has 0 aliphatic carbocycles. The minimum absolute atomic E-state index is 0.118. The summed E-state index contributed by atoms with van der Waals surface area (Å²) in [6.45, 7) is 1.35. The smallest absolute Gasteiger partial charge is 0.337 e. The van der Waals surface area contributed by atoms with Crippen molar-refractivity contribution < 1.29 is 14.7 Å². The summed E-state index contributed by atoms with van der Waals surface area (Å²) in [4.78, 5) is 33.0. The van der Waals surface area contributed by atoms with Crippen LogP contribution >= 0.6 is 0 Å². The van der Waals surface area contributed by atoms with E-state index >= 15 is 0 Å². The molecule has 6 heteroatoms. The van der Waals surface area contributed by atoms with Gasteiger partial charge in [0.25, 0.3) is 5.91 Å². The Morgan fingerprint density at radius 3 is 2.76 bits per heavy atom. The topological polar surface area (TPSA) is 86.3 Å². The standard InChI is InChI=1S/C19H17N3O3/c23-18(22-9-7-13(11-22)12-4-2-1-3-5-12)16-10-15-17(21-16)14(19(24)25)6-8-20-15/h1-6,8,10,13,21H,7,9,11H2,(H,24,25). The summed E-state index contributed by atoms with van der Waals surface area (Å²) in [7, 11) is 0. The van der Waals surface area contributed by atoms with Crippen LogP contribution < -0.4 is 0 Å². The van der Waals surface area contributed by atoms with Crippen LogP contribution in [0.2, 0.25) is 0 Å². The van der Waals surface area contributed by atoms with Gasteiger partial charge >= 0.3 is 5.97 Å². The number of benzene rings is 1. The zero-order valence-electron chi connectivity index (χ0n) is 13.5. The van der Waals surface area contributed by atoms with Crippen molar-refractivity contribution in [2.45, 2.75) is 12.3 Å². The Morgan fingerprint density at radius 2 is 2.00 bits per heavy atom. The van der Waals surface area contributed by atoms with Crippen LogP contribution in [-0.2, 0) is 0 Å². The second-order valence-electron chi connectivity index (χ2n) is 6.25. The van der Waals surface area contributed by atoms with E-state index < -0.39 is 5.97 Å². The van der Waals surface area contributed by atoms with Gasteiger partial charge in [0.15, 0.2) is 0 Å². The van der Waals surface area contributed by atoms with Crippen LogP contribution in [-0.4, -0.2) is 44.9 Å². The van der Waals surface area contributed by atoms with E-state index in [2.05, 4.69) is 22.1 Å². The molecule has 1 saturated heterocycles. The molecule has 6 nitrogen and oxygen atoms in total. The summed E-state index contributed by atoms with van der Waals surface area (Å²) >= 11 is 0. The number of hydrogen-bond acceptors (Lipinski definition) is 3. The Balaban J connectivity index is 1.59. The highest BCUT2D eigenvalue weighted by molar-refractivity contribution is 6.04. The van der Waals surface area contributed by atoms with Gasteiger partial charge < -0.3 is 15.0 Å². The Morgan fingerprint density at radius 1 is 1.20 bits per heavy atom. The normalized spacial score (nSPS) is 17.1. The van der Waals surface area contributed by atoms with E-state index in [1.54, 1.807) is 6.07 Å². The molecule has 2 N–H and O–H groups in total. The van der Waals surface area contributed by atoms with E-state index in [0.29, 0.717) is 35.7 Å². The van der Waals surface area contributed by atoms with Crippen LogP contribution in [0.5, 0.6) is 0 Å². The average molecular weight is 335 g/mol. The fourth-order valence-electron chi connectivity index (χ4n) is 3.43. The number of fused-ring (bicyclic) bond motifs is 1. The number of carboxylic acid groups (broad SMARTS) is 1. The van der Waals surface area contributed by atoms with Crippen molar-refractivity contribution in [2.24, 2.45) is 0 Å². The van der Waals surface area contributed by atoms with Gasteiger partial charge in [0.1, 0.15) is 5.69 Å². The number of pyridine rings is 1. The summed E-state index contributed by atoms with van der Waals surface area (Å²) in [5, 5.41) is 9.26. The van der Waals surface area contributed by atoms with Crippen molar-refractivity contribution in [1.82, 2.24) is 14.9 Å².